The summed E-state index contributed by atoms with van der Waals surface area (Å²) in [4.78, 5) is 7.99. The van der Waals surface area contributed by atoms with Crippen LogP contribution in [0.3, 0.4) is 0 Å². The minimum Gasteiger partial charge on any atom is -0.388 e. The van der Waals surface area contributed by atoms with Crippen LogP contribution in [-0.4, -0.2) is 35.7 Å². The maximum absolute atomic E-state index is 10.3. The summed E-state index contributed by atoms with van der Waals surface area (Å²) in [6.45, 7) is 4.30. The van der Waals surface area contributed by atoms with E-state index < -0.39 is 6.10 Å². The highest BCUT2D eigenvalue weighted by Crippen LogP contribution is 2.19. The van der Waals surface area contributed by atoms with E-state index in [4.69, 9.17) is 0 Å². The van der Waals surface area contributed by atoms with Gasteiger partial charge in [0.15, 0.2) is 5.96 Å². The number of guanidine groups is 1. The SMILES string of the molecule is CCNC(=NCCCc1c[nH]c2ccccc12)NCCC(O)c1ccccc1. The van der Waals surface area contributed by atoms with Gasteiger partial charge in [-0.15, -0.1) is 0 Å². The summed E-state index contributed by atoms with van der Waals surface area (Å²) in [6, 6.07) is 18.2. The van der Waals surface area contributed by atoms with E-state index in [9.17, 15) is 5.11 Å². The van der Waals surface area contributed by atoms with E-state index in [0.717, 1.165) is 37.5 Å². The van der Waals surface area contributed by atoms with Gasteiger partial charge in [-0.25, -0.2) is 0 Å². The van der Waals surface area contributed by atoms with Crippen molar-refractivity contribution in [2.24, 2.45) is 4.99 Å². The third kappa shape index (κ3) is 5.60. The van der Waals surface area contributed by atoms with Crippen LogP contribution in [0, 0.1) is 0 Å². The standard InChI is InChI=1S/C23H30N4O/c1-2-24-23(26-16-14-22(28)18-9-4-3-5-10-18)25-15-8-11-19-17-27-21-13-7-6-12-20(19)21/h3-7,9-10,12-13,17,22,27-28H,2,8,11,14-16H2,1H3,(H2,24,25,26). The summed E-state index contributed by atoms with van der Waals surface area (Å²) in [7, 11) is 0. The number of benzene rings is 2. The molecule has 4 N–H and O–H groups in total. The van der Waals surface area contributed by atoms with Crippen molar-refractivity contribution >= 4 is 16.9 Å². The van der Waals surface area contributed by atoms with Gasteiger partial charge in [-0.3, -0.25) is 4.99 Å². The van der Waals surface area contributed by atoms with Crippen molar-refractivity contribution in [2.45, 2.75) is 32.3 Å². The molecule has 0 saturated heterocycles. The van der Waals surface area contributed by atoms with Crippen molar-refractivity contribution in [2.75, 3.05) is 19.6 Å². The third-order valence-electron chi connectivity index (χ3n) is 4.79. The average Bonchev–Trinajstić information content (AvgIpc) is 3.15. The summed E-state index contributed by atoms with van der Waals surface area (Å²) in [5.41, 5.74) is 3.48. The predicted octanol–water partition coefficient (Wildman–Crippen LogP) is 3.78. The molecule has 0 spiro atoms. The minimum atomic E-state index is -0.460. The van der Waals surface area contributed by atoms with Crippen LogP contribution in [0.1, 0.15) is 37.0 Å². The quantitative estimate of drug-likeness (QED) is 0.260. The molecule has 0 aliphatic rings. The van der Waals surface area contributed by atoms with Crippen molar-refractivity contribution in [3.63, 3.8) is 0 Å². The first kappa shape index (κ1) is 20.0. The number of nitrogens with one attached hydrogen (secondary N) is 3. The highest BCUT2D eigenvalue weighted by atomic mass is 16.3. The van der Waals surface area contributed by atoms with E-state index in [-0.39, 0.29) is 0 Å². The number of H-pyrrole nitrogens is 1. The molecule has 0 saturated carbocycles. The number of aromatic nitrogens is 1. The zero-order chi connectivity index (χ0) is 19.6. The molecule has 2 aromatic carbocycles. The average molecular weight is 379 g/mol. The normalized spacial score (nSPS) is 12.9. The van der Waals surface area contributed by atoms with E-state index in [1.807, 2.05) is 30.3 Å². The number of aliphatic hydroxyl groups excluding tert-OH is 1. The lowest BCUT2D eigenvalue weighted by atomic mass is 10.1. The minimum absolute atomic E-state index is 0.460. The van der Waals surface area contributed by atoms with Gasteiger partial charge < -0.3 is 20.7 Å². The zero-order valence-electron chi connectivity index (χ0n) is 16.5. The van der Waals surface area contributed by atoms with E-state index in [0.29, 0.717) is 13.0 Å². The summed E-state index contributed by atoms with van der Waals surface area (Å²) in [5, 5.41) is 18.2. The zero-order valence-corrected chi connectivity index (χ0v) is 16.5. The van der Waals surface area contributed by atoms with Gasteiger partial charge in [0.25, 0.3) is 0 Å². The smallest absolute Gasteiger partial charge is 0.191 e. The lowest BCUT2D eigenvalue weighted by molar-refractivity contribution is 0.168. The van der Waals surface area contributed by atoms with Crippen LogP contribution >= 0.6 is 0 Å². The fourth-order valence-corrected chi connectivity index (χ4v) is 3.31. The molecule has 1 aromatic heterocycles. The third-order valence-corrected chi connectivity index (χ3v) is 4.79. The van der Waals surface area contributed by atoms with Crippen molar-refractivity contribution in [3.8, 4) is 0 Å². The lowest BCUT2D eigenvalue weighted by Gasteiger charge is -2.14. The molecule has 0 aliphatic heterocycles. The van der Waals surface area contributed by atoms with Crippen LogP contribution in [-0.2, 0) is 6.42 Å². The van der Waals surface area contributed by atoms with Gasteiger partial charge in [-0.1, -0.05) is 48.5 Å². The van der Waals surface area contributed by atoms with Gasteiger partial charge >= 0.3 is 0 Å². The molecular formula is C23H30N4O. The molecule has 0 bridgehead atoms. The molecule has 0 amide bonds. The van der Waals surface area contributed by atoms with Gasteiger partial charge in [-0.2, -0.15) is 0 Å². The van der Waals surface area contributed by atoms with E-state index in [1.165, 1.54) is 16.5 Å². The molecule has 3 aromatic rings. The molecule has 1 heterocycles. The largest absolute Gasteiger partial charge is 0.388 e. The Kier molecular flexibility index (Phi) is 7.50. The molecular weight excluding hydrogens is 348 g/mol. The van der Waals surface area contributed by atoms with Gasteiger partial charge in [0, 0.05) is 36.7 Å². The molecule has 5 heteroatoms. The summed E-state index contributed by atoms with van der Waals surface area (Å²) in [6.07, 6.45) is 4.27. The fourth-order valence-electron chi connectivity index (χ4n) is 3.31. The van der Waals surface area contributed by atoms with Crippen LogP contribution in [0.4, 0.5) is 0 Å². The number of para-hydroxylation sites is 1. The molecule has 0 radical (unpaired) electrons. The Balaban J connectivity index is 1.44. The van der Waals surface area contributed by atoms with Gasteiger partial charge in [0.05, 0.1) is 6.10 Å². The highest BCUT2D eigenvalue weighted by Gasteiger charge is 2.07. The first-order chi connectivity index (χ1) is 13.8. The highest BCUT2D eigenvalue weighted by molar-refractivity contribution is 5.83. The lowest BCUT2D eigenvalue weighted by Crippen LogP contribution is -2.38. The molecule has 0 aliphatic carbocycles. The molecule has 148 valence electrons. The van der Waals surface area contributed by atoms with Gasteiger partial charge in [-0.05, 0) is 43.4 Å². The molecule has 0 fully saturated rings. The Morgan fingerprint density at radius 3 is 2.68 bits per heavy atom. The molecule has 5 nitrogen and oxygen atoms in total. The van der Waals surface area contributed by atoms with Gasteiger partial charge in [0.1, 0.15) is 0 Å². The number of aliphatic hydroxyl groups is 1. The first-order valence-electron chi connectivity index (χ1n) is 10.1. The van der Waals surface area contributed by atoms with Crippen molar-refractivity contribution < 1.29 is 5.11 Å². The number of nitrogens with zero attached hydrogens (tertiary/aromatic N) is 1. The number of hydrogen-bond acceptors (Lipinski definition) is 2. The second-order valence-electron chi connectivity index (χ2n) is 6.87. The van der Waals surface area contributed by atoms with E-state index in [2.05, 4.69) is 58.0 Å². The summed E-state index contributed by atoms with van der Waals surface area (Å²) < 4.78 is 0. The van der Waals surface area contributed by atoms with Gasteiger partial charge in [0.2, 0.25) is 0 Å². The molecule has 28 heavy (non-hydrogen) atoms. The van der Waals surface area contributed by atoms with Crippen LogP contribution in [0.2, 0.25) is 0 Å². The molecule has 3 rings (SSSR count). The number of hydrogen-bond donors (Lipinski definition) is 4. The summed E-state index contributed by atoms with van der Waals surface area (Å²) >= 11 is 0. The summed E-state index contributed by atoms with van der Waals surface area (Å²) in [5.74, 6) is 0.807. The second-order valence-corrected chi connectivity index (χ2v) is 6.87. The molecule has 1 unspecified atom stereocenters. The Bertz CT molecular complexity index is 872. The van der Waals surface area contributed by atoms with Crippen molar-refractivity contribution in [1.29, 1.82) is 0 Å². The number of rotatable bonds is 9. The first-order valence-corrected chi connectivity index (χ1v) is 10.1. The Labute approximate surface area is 166 Å². The predicted molar refractivity (Wildman–Crippen MR) is 117 cm³/mol. The number of fused-ring (bicyclic) bond motifs is 1. The number of aliphatic imine (C=N–C) groups is 1. The topological polar surface area (TPSA) is 72.4 Å². The number of aromatic amines is 1. The Morgan fingerprint density at radius 1 is 1.07 bits per heavy atom. The fraction of sp³-hybridized carbons (Fsp3) is 0.348. The van der Waals surface area contributed by atoms with E-state index in [1.54, 1.807) is 0 Å². The molecule has 1 atom stereocenters. The van der Waals surface area contributed by atoms with Crippen LogP contribution in [0.5, 0.6) is 0 Å². The Morgan fingerprint density at radius 2 is 1.86 bits per heavy atom. The van der Waals surface area contributed by atoms with Crippen LogP contribution < -0.4 is 10.6 Å². The van der Waals surface area contributed by atoms with Crippen LogP contribution in [0.15, 0.2) is 65.8 Å². The van der Waals surface area contributed by atoms with Crippen molar-refractivity contribution in [3.05, 3.63) is 71.9 Å². The Hall–Kier alpha value is -2.79. The maximum atomic E-state index is 10.3. The maximum Gasteiger partial charge on any atom is 0.191 e. The number of aryl methyl sites for hydroxylation is 1. The van der Waals surface area contributed by atoms with E-state index >= 15 is 0 Å². The van der Waals surface area contributed by atoms with Crippen LogP contribution in [0.25, 0.3) is 10.9 Å². The monoisotopic (exact) mass is 378 g/mol. The van der Waals surface area contributed by atoms with Crippen molar-refractivity contribution in [1.82, 2.24) is 15.6 Å². The second kappa shape index (κ2) is 10.5.